The first-order chi connectivity index (χ1) is 8.83. The molecule has 0 aliphatic carbocycles. The Morgan fingerprint density at radius 2 is 2.00 bits per heavy atom. The molecule has 1 N–H and O–H groups in total. The molecule has 1 nitrogen and oxygen atoms in total. The summed E-state index contributed by atoms with van der Waals surface area (Å²) in [5.41, 5.74) is 2.15. The van der Waals surface area contributed by atoms with Gasteiger partial charge in [-0.15, -0.1) is 0 Å². The summed E-state index contributed by atoms with van der Waals surface area (Å²) in [7, 11) is 0. The fourth-order valence-corrected chi connectivity index (χ4v) is 2.80. The van der Waals surface area contributed by atoms with E-state index < -0.39 is 12.6 Å². The zero-order chi connectivity index (χ0) is 14.5. The average Bonchev–Trinajstić information content (AvgIpc) is 2.26. The molecule has 0 aromatic heterocycles. The number of halogens is 4. The van der Waals surface area contributed by atoms with Crippen LogP contribution in [0.3, 0.4) is 0 Å². The molecule has 5 heteroatoms. The first-order valence-corrected chi connectivity index (χ1v) is 7.19. The van der Waals surface area contributed by atoms with Crippen LogP contribution in [0.4, 0.5) is 13.2 Å². The summed E-state index contributed by atoms with van der Waals surface area (Å²) in [6.45, 7) is 4.68. The lowest BCUT2D eigenvalue weighted by molar-refractivity contribution is -0.135. The molecule has 0 amide bonds. The Morgan fingerprint density at radius 1 is 1.32 bits per heavy atom. The highest BCUT2D eigenvalue weighted by molar-refractivity contribution is 9.10. The van der Waals surface area contributed by atoms with Gasteiger partial charge in [0.05, 0.1) is 0 Å². The van der Waals surface area contributed by atoms with E-state index in [0.717, 1.165) is 22.1 Å². The highest BCUT2D eigenvalue weighted by Gasteiger charge is 2.27. The van der Waals surface area contributed by atoms with E-state index in [1.807, 2.05) is 32.0 Å². The maximum atomic E-state index is 12.2. The van der Waals surface area contributed by atoms with Crippen molar-refractivity contribution in [2.24, 2.45) is 0 Å². The monoisotopic (exact) mass is 337 g/mol. The van der Waals surface area contributed by atoms with Crippen molar-refractivity contribution in [3.8, 4) is 0 Å². The maximum absolute atomic E-state index is 12.2. The van der Waals surface area contributed by atoms with Crippen LogP contribution in [0, 0.1) is 6.92 Å². The lowest BCUT2D eigenvalue weighted by Crippen LogP contribution is -2.22. The molecule has 1 aromatic carbocycles. The van der Waals surface area contributed by atoms with E-state index in [-0.39, 0.29) is 12.5 Å². The molecule has 19 heavy (non-hydrogen) atoms. The molecule has 0 saturated carbocycles. The molecule has 0 spiro atoms. The van der Waals surface area contributed by atoms with E-state index in [2.05, 4.69) is 21.2 Å². The third-order valence-electron chi connectivity index (χ3n) is 2.93. The summed E-state index contributed by atoms with van der Waals surface area (Å²) < 4.78 is 37.5. The summed E-state index contributed by atoms with van der Waals surface area (Å²) in [4.78, 5) is 0. The van der Waals surface area contributed by atoms with Crippen molar-refractivity contribution in [1.82, 2.24) is 5.32 Å². The van der Waals surface area contributed by atoms with Crippen LogP contribution in [0.15, 0.2) is 22.7 Å². The Labute approximate surface area is 120 Å². The van der Waals surface area contributed by atoms with Crippen LogP contribution in [0.5, 0.6) is 0 Å². The van der Waals surface area contributed by atoms with Crippen molar-refractivity contribution in [2.45, 2.75) is 45.3 Å². The zero-order valence-electron chi connectivity index (χ0n) is 11.1. The van der Waals surface area contributed by atoms with Gasteiger partial charge in [0.1, 0.15) is 0 Å². The minimum Gasteiger partial charge on any atom is -0.310 e. The highest BCUT2D eigenvalue weighted by Crippen LogP contribution is 2.30. The van der Waals surface area contributed by atoms with Gasteiger partial charge < -0.3 is 5.32 Å². The summed E-state index contributed by atoms with van der Waals surface area (Å²) >= 11 is 3.49. The van der Waals surface area contributed by atoms with Crippen LogP contribution < -0.4 is 5.32 Å². The van der Waals surface area contributed by atoms with Crippen molar-refractivity contribution >= 4 is 15.9 Å². The minimum absolute atomic E-state index is 0.0395. The lowest BCUT2D eigenvalue weighted by Gasteiger charge is -2.20. The minimum atomic E-state index is -4.07. The van der Waals surface area contributed by atoms with Crippen molar-refractivity contribution in [2.75, 3.05) is 6.54 Å². The second-order valence-corrected chi connectivity index (χ2v) is 5.50. The molecule has 0 saturated heterocycles. The van der Waals surface area contributed by atoms with Crippen molar-refractivity contribution in [3.05, 3.63) is 33.8 Å². The number of hydrogen-bond donors (Lipinski definition) is 1. The Bertz CT molecular complexity index is 404. The van der Waals surface area contributed by atoms with Crippen LogP contribution in [0.1, 0.15) is 43.4 Å². The molecule has 1 rings (SSSR count). The molecule has 0 bridgehead atoms. The molecule has 1 unspecified atom stereocenters. The smallest absolute Gasteiger partial charge is 0.310 e. The van der Waals surface area contributed by atoms with Gasteiger partial charge in [0.2, 0.25) is 0 Å². The zero-order valence-corrected chi connectivity index (χ0v) is 12.7. The third-order valence-corrected chi connectivity index (χ3v) is 3.62. The number of benzene rings is 1. The number of hydrogen-bond acceptors (Lipinski definition) is 1. The summed E-state index contributed by atoms with van der Waals surface area (Å²) in [5, 5.41) is 3.25. The number of nitrogens with one attached hydrogen (secondary N) is 1. The van der Waals surface area contributed by atoms with Gasteiger partial charge in [0, 0.05) is 16.9 Å². The Morgan fingerprint density at radius 3 is 2.53 bits per heavy atom. The quantitative estimate of drug-likeness (QED) is 0.757. The van der Waals surface area contributed by atoms with E-state index in [0.29, 0.717) is 6.42 Å². The summed E-state index contributed by atoms with van der Waals surface area (Å²) in [5.74, 6) is 0. The van der Waals surface area contributed by atoms with E-state index in [1.54, 1.807) is 0 Å². The molecule has 0 radical (unpaired) electrons. The molecular formula is C14H19BrF3N. The summed E-state index contributed by atoms with van der Waals surface area (Å²) in [6, 6.07) is 5.90. The van der Waals surface area contributed by atoms with E-state index >= 15 is 0 Å². The van der Waals surface area contributed by atoms with Crippen molar-refractivity contribution in [3.63, 3.8) is 0 Å². The summed E-state index contributed by atoms with van der Waals surface area (Å²) in [6.07, 6.45) is -4.17. The first-order valence-electron chi connectivity index (χ1n) is 6.39. The van der Waals surface area contributed by atoms with Gasteiger partial charge in [-0.05, 0) is 43.5 Å². The second kappa shape index (κ2) is 7.29. The molecule has 0 heterocycles. The number of rotatable bonds is 6. The van der Waals surface area contributed by atoms with E-state index in [4.69, 9.17) is 0 Å². The van der Waals surface area contributed by atoms with Crippen molar-refractivity contribution in [1.29, 1.82) is 0 Å². The Kier molecular flexibility index (Phi) is 6.33. The normalized spacial score (nSPS) is 13.6. The fraction of sp³-hybridized carbons (Fsp3) is 0.571. The fourth-order valence-electron chi connectivity index (χ4n) is 2.04. The van der Waals surface area contributed by atoms with Gasteiger partial charge in [-0.2, -0.15) is 13.2 Å². The van der Waals surface area contributed by atoms with Crippen LogP contribution in [-0.2, 0) is 0 Å². The van der Waals surface area contributed by atoms with Crippen LogP contribution in [0.2, 0.25) is 0 Å². The first kappa shape index (κ1) is 16.5. The van der Waals surface area contributed by atoms with Gasteiger partial charge in [-0.3, -0.25) is 0 Å². The SMILES string of the molecule is CCNC(CCCC(F)(F)F)c1ccc(C)cc1Br. The predicted octanol–water partition coefficient (Wildman–Crippen LogP) is 5.14. The van der Waals surface area contributed by atoms with Gasteiger partial charge in [0.15, 0.2) is 0 Å². The van der Waals surface area contributed by atoms with Gasteiger partial charge in [0.25, 0.3) is 0 Å². The number of alkyl halides is 3. The molecule has 0 fully saturated rings. The Balaban J connectivity index is 2.71. The van der Waals surface area contributed by atoms with E-state index in [9.17, 15) is 13.2 Å². The molecule has 0 aliphatic rings. The van der Waals surface area contributed by atoms with Crippen molar-refractivity contribution < 1.29 is 13.2 Å². The molecule has 1 aromatic rings. The topological polar surface area (TPSA) is 12.0 Å². The van der Waals surface area contributed by atoms with E-state index in [1.165, 1.54) is 0 Å². The van der Waals surface area contributed by atoms with Gasteiger partial charge >= 0.3 is 6.18 Å². The second-order valence-electron chi connectivity index (χ2n) is 4.64. The lowest BCUT2D eigenvalue weighted by atomic mass is 9.99. The number of aryl methyl sites for hydroxylation is 1. The molecule has 108 valence electrons. The maximum Gasteiger partial charge on any atom is 0.389 e. The highest BCUT2D eigenvalue weighted by atomic mass is 79.9. The predicted molar refractivity (Wildman–Crippen MR) is 75.2 cm³/mol. The average molecular weight is 338 g/mol. The van der Waals surface area contributed by atoms with Crippen LogP contribution in [-0.4, -0.2) is 12.7 Å². The van der Waals surface area contributed by atoms with Crippen LogP contribution in [0.25, 0.3) is 0 Å². The van der Waals surface area contributed by atoms with Crippen LogP contribution >= 0.6 is 15.9 Å². The van der Waals surface area contributed by atoms with Gasteiger partial charge in [-0.25, -0.2) is 0 Å². The Hall–Kier alpha value is -0.550. The molecular weight excluding hydrogens is 319 g/mol. The largest absolute Gasteiger partial charge is 0.389 e. The third kappa shape index (κ3) is 5.95. The standard InChI is InChI=1S/C14H19BrF3N/c1-3-19-13(5-4-8-14(16,17)18)11-7-6-10(2)9-12(11)15/h6-7,9,13,19H,3-5,8H2,1-2H3. The molecule has 1 atom stereocenters. The molecule has 0 aliphatic heterocycles. The van der Waals surface area contributed by atoms with Gasteiger partial charge in [-0.1, -0.05) is 35.0 Å².